The Morgan fingerprint density at radius 2 is 2.22 bits per heavy atom. The Morgan fingerprint density at radius 1 is 1.67 bits per heavy atom. The van der Waals surface area contributed by atoms with E-state index in [2.05, 4.69) is 9.97 Å². The van der Waals surface area contributed by atoms with Crippen LogP contribution < -0.4 is 0 Å². The largest absolute Gasteiger partial charge is 0.305 e. The summed E-state index contributed by atoms with van der Waals surface area (Å²) in [6.45, 7) is 0. The predicted octanol–water partition coefficient (Wildman–Crippen LogP) is 0.385. The molecule has 0 spiro atoms. The molecule has 0 bridgehead atoms. The lowest BCUT2D eigenvalue weighted by atomic mass is 10.6. The van der Waals surface area contributed by atoms with E-state index in [-0.39, 0.29) is 0 Å². The van der Waals surface area contributed by atoms with E-state index in [1.165, 1.54) is 0 Å². The summed E-state index contributed by atoms with van der Waals surface area (Å²) < 4.78 is 13.9. The molecule has 0 aliphatic heterocycles. The Bertz CT molecular complexity index is 283. The number of aromatic nitrogens is 2. The summed E-state index contributed by atoms with van der Waals surface area (Å²) in [7, 11) is 0. The van der Waals surface area contributed by atoms with Crippen LogP contribution in [0.2, 0.25) is 0 Å². The second-order valence-corrected chi connectivity index (χ2v) is 1.20. The lowest BCUT2D eigenvalue weighted by Gasteiger charge is -1.84. The molecule has 0 aliphatic carbocycles. The normalized spacial score (nSPS) is 12.0. The molecular formula is C4H3N3O2. The zero-order valence-corrected chi connectivity index (χ0v) is 4.24. The van der Waals surface area contributed by atoms with Crippen molar-refractivity contribution in [1.29, 1.82) is 0 Å². The number of nitro groups is 1. The van der Waals surface area contributed by atoms with E-state index in [4.69, 9.17) is 2.74 Å². The summed E-state index contributed by atoms with van der Waals surface area (Å²) in [6, 6.07) is 0. The molecule has 9 heavy (non-hydrogen) atoms. The fraction of sp³-hybridized carbons (Fsp3) is 0. The lowest BCUT2D eigenvalue weighted by Crippen LogP contribution is -1.88. The first-order valence-corrected chi connectivity index (χ1v) is 2.05. The zero-order chi connectivity index (χ0) is 8.43. The minimum Gasteiger partial charge on any atom is -0.258 e. The molecule has 0 atom stereocenters. The highest BCUT2D eigenvalue weighted by atomic mass is 16.6. The minimum absolute atomic E-state index is 0.532. The van der Waals surface area contributed by atoms with Crippen LogP contribution in [0.5, 0.6) is 0 Å². The van der Waals surface area contributed by atoms with Crippen LogP contribution in [-0.4, -0.2) is 14.9 Å². The fourth-order valence-corrected chi connectivity index (χ4v) is 0.316. The predicted molar refractivity (Wildman–Crippen MR) is 28.7 cm³/mol. The van der Waals surface area contributed by atoms with Crippen molar-refractivity contribution in [2.75, 3.05) is 0 Å². The summed E-state index contributed by atoms with van der Waals surface area (Å²) >= 11 is 0. The molecule has 0 radical (unpaired) electrons. The van der Waals surface area contributed by atoms with Crippen LogP contribution in [0.4, 0.5) is 5.69 Å². The van der Waals surface area contributed by atoms with E-state index in [1.54, 1.807) is 0 Å². The lowest BCUT2D eigenvalue weighted by molar-refractivity contribution is -0.385. The molecule has 0 unspecified atom stereocenters. The van der Waals surface area contributed by atoms with Gasteiger partial charge in [0.1, 0.15) is 18.7 Å². The highest BCUT2D eigenvalue weighted by Crippen LogP contribution is 2.02. The van der Waals surface area contributed by atoms with Gasteiger partial charge in [-0.15, -0.1) is 0 Å². The van der Waals surface area contributed by atoms with E-state index >= 15 is 0 Å². The fourth-order valence-electron chi connectivity index (χ4n) is 0.316. The molecule has 0 amide bonds. The van der Waals surface area contributed by atoms with Crippen molar-refractivity contribution >= 4 is 5.69 Å². The molecule has 0 aromatic carbocycles. The van der Waals surface area contributed by atoms with Crippen molar-refractivity contribution < 1.29 is 7.66 Å². The Kier molecular flexibility index (Phi) is 0.841. The number of hydrogen-bond donors (Lipinski definition) is 0. The van der Waals surface area contributed by atoms with Crippen molar-refractivity contribution in [2.24, 2.45) is 0 Å². The molecule has 1 aromatic heterocycles. The van der Waals surface area contributed by atoms with Gasteiger partial charge < -0.3 is 0 Å². The van der Waals surface area contributed by atoms with E-state index in [0.717, 1.165) is 6.33 Å². The monoisotopic (exact) mass is 127 g/mol. The first-order chi connectivity index (χ1) is 5.13. The maximum Gasteiger partial charge on any atom is 0.305 e. The van der Waals surface area contributed by atoms with Gasteiger partial charge in [0.2, 0.25) is 0 Å². The third-order valence-electron chi connectivity index (χ3n) is 0.639. The van der Waals surface area contributed by atoms with Crippen molar-refractivity contribution in [3.8, 4) is 0 Å². The summed E-state index contributed by atoms with van der Waals surface area (Å²) in [5, 5.41) is 10.1. The second-order valence-electron chi connectivity index (χ2n) is 1.20. The van der Waals surface area contributed by atoms with Crippen LogP contribution >= 0.6 is 0 Å². The Labute approximate surface area is 53.3 Å². The summed E-state index contributed by atoms with van der Waals surface area (Å²) in [6.07, 6.45) is -0.123. The van der Waals surface area contributed by atoms with E-state index in [0.29, 0.717) is 0 Å². The van der Waals surface area contributed by atoms with Crippen molar-refractivity contribution in [2.45, 2.75) is 0 Å². The van der Waals surface area contributed by atoms with Crippen LogP contribution in [0.25, 0.3) is 0 Å². The maximum absolute atomic E-state index is 10.1. The van der Waals surface area contributed by atoms with Crippen molar-refractivity contribution in [1.82, 2.24) is 9.97 Å². The molecule has 46 valence electrons. The Morgan fingerprint density at radius 3 is 2.56 bits per heavy atom. The van der Waals surface area contributed by atoms with Gasteiger partial charge in [0, 0.05) is 0 Å². The highest BCUT2D eigenvalue weighted by Gasteiger charge is 2.01. The van der Waals surface area contributed by atoms with Gasteiger partial charge in [0.05, 0.1) is 7.66 Å². The van der Waals surface area contributed by atoms with Gasteiger partial charge in [-0.05, 0) is 0 Å². The number of hydrogen-bond acceptors (Lipinski definition) is 4. The molecule has 0 N–H and O–H groups in total. The van der Waals surface area contributed by atoms with Crippen LogP contribution in [0.1, 0.15) is 2.74 Å². The van der Waals surface area contributed by atoms with Gasteiger partial charge in [-0.2, -0.15) is 0 Å². The Hall–Kier alpha value is -1.52. The molecule has 0 saturated heterocycles. The summed E-state index contributed by atoms with van der Waals surface area (Å²) in [4.78, 5) is 15.8. The van der Waals surface area contributed by atoms with Gasteiger partial charge in [-0.1, -0.05) is 0 Å². The van der Waals surface area contributed by atoms with Gasteiger partial charge >= 0.3 is 5.69 Å². The molecule has 5 nitrogen and oxygen atoms in total. The topological polar surface area (TPSA) is 68.9 Å². The first-order valence-electron chi connectivity index (χ1n) is 3.05. The molecule has 1 aromatic rings. The Balaban J connectivity index is 3.32. The third-order valence-corrected chi connectivity index (χ3v) is 0.639. The van der Waals surface area contributed by atoms with Gasteiger partial charge in [0.25, 0.3) is 0 Å². The molecule has 1 rings (SSSR count). The third kappa shape index (κ3) is 1.18. The average Bonchev–Trinajstić information content (AvgIpc) is 1.85. The van der Waals surface area contributed by atoms with Crippen molar-refractivity contribution in [3.63, 3.8) is 0 Å². The van der Waals surface area contributed by atoms with E-state index in [1.807, 2.05) is 0 Å². The van der Waals surface area contributed by atoms with Gasteiger partial charge in [-0.3, -0.25) is 10.1 Å². The summed E-state index contributed by atoms with van der Waals surface area (Å²) in [5.74, 6) is 0. The average molecular weight is 127 g/mol. The van der Waals surface area contributed by atoms with Crippen LogP contribution in [0, 0.1) is 10.1 Å². The number of rotatable bonds is 1. The second kappa shape index (κ2) is 2.17. The molecule has 0 fully saturated rings. The van der Waals surface area contributed by atoms with Crippen LogP contribution in [0.15, 0.2) is 18.7 Å². The zero-order valence-electron chi connectivity index (χ0n) is 6.24. The van der Waals surface area contributed by atoms with E-state index in [9.17, 15) is 10.1 Å². The first kappa shape index (κ1) is 3.49. The molecule has 5 heteroatoms. The van der Waals surface area contributed by atoms with Gasteiger partial charge in [0.15, 0.2) is 0 Å². The SMILES string of the molecule is [2H]c1ncnc([2H])c1[N+](=O)[O-]. The summed E-state index contributed by atoms with van der Waals surface area (Å²) in [5.41, 5.74) is -0.660. The number of nitrogens with zero attached hydrogens (tertiary/aromatic N) is 3. The molecule has 1 heterocycles. The van der Waals surface area contributed by atoms with Crippen molar-refractivity contribution in [3.05, 3.63) is 28.8 Å². The molecular weight excluding hydrogens is 122 g/mol. The van der Waals surface area contributed by atoms with Crippen LogP contribution in [-0.2, 0) is 0 Å². The standard InChI is InChI=1S/C4H3N3O2/c8-7(9)4-1-5-3-6-2-4/h1-3H/i1D,2D. The van der Waals surface area contributed by atoms with E-state index < -0.39 is 23.0 Å². The minimum atomic E-state index is -0.843. The molecule has 0 saturated carbocycles. The smallest absolute Gasteiger partial charge is 0.258 e. The molecule has 0 aliphatic rings. The highest BCUT2D eigenvalue weighted by molar-refractivity contribution is 5.18. The van der Waals surface area contributed by atoms with Crippen LogP contribution in [0.3, 0.4) is 0 Å². The van der Waals surface area contributed by atoms with Gasteiger partial charge in [-0.25, -0.2) is 9.97 Å². The quantitative estimate of drug-likeness (QED) is 0.404. The maximum atomic E-state index is 10.1.